The summed E-state index contributed by atoms with van der Waals surface area (Å²) in [7, 11) is 0. The average molecular weight is 381 g/mol. The lowest BCUT2D eigenvalue weighted by molar-refractivity contribution is -0.136. The summed E-state index contributed by atoms with van der Waals surface area (Å²) in [5, 5.41) is 14.3. The molecule has 0 saturated carbocycles. The predicted octanol–water partition coefficient (Wildman–Crippen LogP) is 3.58. The fourth-order valence-electron chi connectivity index (χ4n) is 3.21. The van der Waals surface area contributed by atoms with Gasteiger partial charge in [0.15, 0.2) is 0 Å². The molecule has 0 bridgehead atoms. The molecule has 146 valence electrons. The van der Waals surface area contributed by atoms with Crippen LogP contribution in [0.3, 0.4) is 0 Å². The van der Waals surface area contributed by atoms with Crippen LogP contribution < -0.4 is 10.6 Å². The van der Waals surface area contributed by atoms with Crippen LogP contribution in [0.15, 0.2) is 48.5 Å². The maximum Gasteiger partial charge on any atom is 0.323 e. The Morgan fingerprint density at radius 2 is 1.71 bits per heavy atom. The van der Waals surface area contributed by atoms with Crippen LogP contribution in [0.1, 0.15) is 35.2 Å². The lowest BCUT2D eigenvalue weighted by Crippen LogP contribution is -2.29. The zero-order valence-electron chi connectivity index (χ0n) is 15.5. The van der Waals surface area contributed by atoms with Gasteiger partial charge in [-0.1, -0.05) is 24.3 Å². The number of nitrogens with one attached hydrogen (secondary N) is 2. The molecule has 0 atom stereocenters. The van der Waals surface area contributed by atoms with E-state index in [9.17, 15) is 14.4 Å². The van der Waals surface area contributed by atoms with Gasteiger partial charge in [0, 0.05) is 25.2 Å². The van der Waals surface area contributed by atoms with Crippen LogP contribution >= 0.6 is 0 Å². The minimum absolute atomic E-state index is 0.0294. The smallest absolute Gasteiger partial charge is 0.323 e. The van der Waals surface area contributed by atoms with Crippen LogP contribution in [-0.2, 0) is 11.2 Å². The Kier molecular flexibility index (Phi) is 6.26. The highest BCUT2D eigenvalue weighted by Gasteiger charge is 2.22. The topological polar surface area (TPSA) is 98.7 Å². The minimum atomic E-state index is -0.865. The second-order valence-corrected chi connectivity index (χ2v) is 6.72. The second-order valence-electron chi connectivity index (χ2n) is 6.72. The lowest BCUT2D eigenvalue weighted by atomic mass is 10.1. The number of hydrogen-bond donors (Lipinski definition) is 3. The quantitative estimate of drug-likeness (QED) is 0.712. The molecule has 0 unspecified atom stereocenters. The predicted molar refractivity (Wildman–Crippen MR) is 107 cm³/mol. The summed E-state index contributed by atoms with van der Waals surface area (Å²) < 4.78 is 0. The Morgan fingerprint density at radius 3 is 2.46 bits per heavy atom. The maximum absolute atomic E-state index is 12.7. The van der Waals surface area contributed by atoms with Crippen LogP contribution in [-0.4, -0.2) is 41.0 Å². The number of amides is 3. The van der Waals surface area contributed by atoms with Crippen molar-refractivity contribution in [2.45, 2.75) is 25.7 Å². The van der Waals surface area contributed by atoms with Crippen molar-refractivity contribution in [2.75, 3.05) is 23.7 Å². The molecule has 1 aliphatic heterocycles. The van der Waals surface area contributed by atoms with Gasteiger partial charge in [-0.25, -0.2) is 4.79 Å². The first-order valence-corrected chi connectivity index (χ1v) is 9.30. The zero-order valence-corrected chi connectivity index (χ0v) is 15.5. The van der Waals surface area contributed by atoms with Gasteiger partial charge in [-0.3, -0.25) is 9.59 Å². The van der Waals surface area contributed by atoms with E-state index in [0.717, 1.165) is 31.5 Å². The molecule has 3 rings (SSSR count). The van der Waals surface area contributed by atoms with Gasteiger partial charge in [0.05, 0.1) is 11.3 Å². The summed E-state index contributed by atoms with van der Waals surface area (Å²) in [5.74, 6) is -0.945. The molecule has 3 N–H and O–H groups in total. The van der Waals surface area contributed by atoms with Gasteiger partial charge in [0.2, 0.25) is 0 Å². The Balaban J connectivity index is 1.66. The summed E-state index contributed by atoms with van der Waals surface area (Å²) >= 11 is 0. The van der Waals surface area contributed by atoms with Crippen LogP contribution in [0.4, 0.5) is 16.2 Å². The number of nitrogens with zero attached hydrogens (tertiary/aromatic N) is 1. The number of likely N-dealkylation sites (tertiary alicyclic amines) is 1. The number of benzene rings is 2. The summed E-state index contributed by atoms with van der Waals surface area (Å²) in [6.07, 6.45) is 2.42. The van der Waals surface area contributed by atoms with Gasteiger partial charge in [-0.2, -0.15) is 0 Å². The zero-order chi connectivity index (χ0) is 19.9. The third-order valence-corrected chi connectivity index (χ3v) is 4.61. The summed E-state index contributed by atoms with van der Waals surface area (Å²) in [6, 6.07) is 13.5. The van der Waals surface area contributed by atoms with Crippen molar-refractivity contribution in [3.63, 3.8) is 0 Å². The molecule has 2 aromatic carbocycles. The van der Waals surface area contributed by atoms with E-state index < -0.39 is 12.0 Å². The van der Waals surface area contributed by atoms with Crippen molar-refractivity contribution in [3.8, 4) is 0 Å². The number of aryl methyl sites for hydroxylation is 1. The molecule has 1 fully saturated rings. The van der Waals surface area contributed by atoms with Gasteiger partial charge in [0.1, 0.15) is 0 Å². The van der Waals surface area contributed by atoms with Gasteiger partial charge in [-0.15, -0.1) is 0 Å². The Labute approximate surface area is 163 Å². The van der Waals surface area contributed by atoms with Crippen LogP contribution in [0.25, 0.3) is 0 Å². The fourth-order valence-corrected chi connectivity index (χ4v) is 3.21. The number of carbonyl (C=O) groups is 3. The number of carbonyl (C=O) groups excluding carboxylic acids is 2. The number of carboxylic acids is 1. The fraction of sp³-hybridized carbons (Fsp3) is 0.286. The van der Waals surface area contributed by atoms with E-state index in [-0.39, 0.29) is 12.3 Å². The molecule has 1 aliphatic rings. The van der Waals surface area contributed by atoms with Crippen molar-refractivity contribution in [1.29, 1.82) is 0 Å². The average Bonchev–Trinajstić information content (AvgIpc) is 3.21. The van der Waals surface area contributed by atoms with Crippen molar-refractivity contribution < 1.29 is 19.5 Å². The number of urea groups is 1. The molecule has 1 saturated heterocycles. The highest BCUT2D eigenvalue weighted by Crippen LogP contribution is 2.21. The summed E-state index contributed by atoms with van der Waals surface area (Å²) in [6.45, 7) is 1.48. The van der Waals surface area contributed by atoms with E-state index >= 15 is 0 Å². The van der Waals surface area contributed by atoms with Crippen molar-refractivity contribution >= 4 is 29.3 Å². The lowest BCUT2D eigenvalue weighted by Gasteiger charge is -2.18. The van der Waals surface area contributed by atoms with Gasteiger partial charge < -0.3 is 20.6 Å². The molecular formula is C21H23N3O4. The normalized spacial score (nSPS) is 13.2. The highest BCUT2D eigenvalue weighted by atomic mass is 16.4. The standard InChI is InChI=1S/C21H23N3O4/c25-19(26)11-10-15-6-5-7-16(14-15)22-21(28)23-18-9-2-1-8-17(18)20(27)24-12-3-4-13-24/h1-2,5-9,14H,3-4,10-13H2,(H,25,26)(H2,22,23,28). The molecule has 2 aromatic rings. The highest BCUT2D eigenvalue weighted by molar-refractivity contribution is 6.06. The first kappa shape index (κ1) is 19.4. The number of aliphatic carboxylic acids is 1. The molecule has 0 spiro atoms. The third kappa shape index (κ3) is 5.09. The monoisotopic (exact) mass is 381 g/mol. The van der Waals surface area contributed by atoms with E-state index in [0.29, 0.717) is 23.4 Å². The molecule has 3 amide bonds. The number of para-hydroxylation sites is 1. The second kappa shape index (κ2) is 9.03. The SMILES string of the molecule is O=C(O)CCc1cccc(NC(=O)Nc2ccccc2C(=O)N2CCCC2)c1. The summed E-state index contributed by atoms with van der Waals surface area (Å²) in [4.78, 5) is 37.6. The summed E-state index contributed by atoms with van der Waals surface area (Å²) in [5.41, 5.74) is 2.31. The molecule has 28 heavy (non-hydrogen) atoms. The van der Waals surface area contributed by atoms with Crippen LogP contribution in [0.2, 0.25) is 0 Å². The van der Waals surface area contributed by atoms with Gasteiger partial charge in [0.25, 0.3) is 5.91 Å². The molecule has 0 aromatic heterocycles. The van der Waals surface area contributed by atoms with Crippen LogP contribution in [0, 0.1) is 0 Å². The number of anilines is 2. The molecule has 7 nitrogen and oxygen atoms in total. The van der Waals surface area contributed by atoms with Gasteiger partial charge >= 0.3 is 12.0 Å². The Hall–Kier alpha value is -3.35. The van der Waals surface area contributed by atoms with E-state index in [1.165, 1.54) is 0 Å². The van der Waals surface area contributed by atoms with Crippen LogP contribution in [0.5, 0.6) is 0 Å². The number of carboxylic acid groups (broad SMARTS) is 1. The van der Waals surface area contributed by atoms with Crippen molar-refractivity contribution in [2.24, 2.45) is 0 Å². The first-order valence-electron chi connectivity index (χ1n) is 9.30. The largest absolute Gasteiger partial charge is 0.481 e. The molecule has 7 heteroatoms. The maximum atomic E-state index is 12.7. The number of rotatable bonds is 6. The third-order valence-electron chi connectivity index (χ3n) is 4.61. The van der Waals surface area contributed by atoms with E-state index in [1.54, 1.807) is 47.4 Å². The molecule has 1 heterocycles. The first-order chi connectivity index (χ1) is 13.5. The Morgan fingerprint density at radius 1 is 0.964 bits per heavy atom. The van der Waals surface area contributed by atoms with Crippen molar-refractivity contribution in [1.82, 2.24) is 4.90 Å². The van der Waals surface area contributed by atoms with Gasteiger partial charge in [-0.05, 0) is 49.1 Å². The molecule has 0 aliphatic carbocycles. The van der Waals surface area contributed by atoms with E-state index in [1.807, 2.05) is 6.07 Å². The Bertz CT molecular complexity index is 875. The minimum Gasteiger partial charge on any atom is -0.481 e. The van der Waals surface area contributed by atoms with E-state index in [4.69, 9.17) is 5.11 Å². The molecule has 0 radical (unpaired) electrons. The van der Waals surface area contributed by atoms with Crippen molar-refractivity contribution in [3.05, 3.63) is 59.7 Å². The molecular weight excluding hydrogens is 358 g/mol. The van der Waals surface area contributed by atoms with E-state index in [2.05, 4.69) is 10.6 Å². The number of hydrogen-bond acceptors (Lipinski definition) is 3.